The molecule has 0 amide bonds. The maximum Gasteiger partial charge on any atom is 0.316 e. The minimum atomic E-state index is -0.833. The van der Waals surface area contributed by atoms with Gasteiger partial charge in [0.15, 0.2) is 0 Å². The second-order valence-corrected chi connectivity index (χ2v) is 8.29. The number of imidazole rings is 1. The van der Waals surface area contributed by atoms with E-state index in [0.29, 0.717) is 22.9 Å². The Morgan fingerprint density at radius 2 is 1.74 bits per heavy atom. The number of aryl methyl sites for hydroxylation is 1. The smallest absolute Gasteiger partial charge is 0.316 e. The first-order valence-electron chi connectivity index (χ1n) is 11.2. The lowest BCUT2D eigenvalue weighted by Gasteiger charge is -2.21. The quantitative estimate of drug-likeness (QED) is 0.420. The van der Waals surface area contributed by atoms with E-state index in [1.807, 2.05) is 12.1 Å². The highest BCUT2D eigenvalue weighted by atomic mass is 19.1. The molecule has 1 saturated carbocycles. The standard InChI is InChI=1S/C23H22FN5O.C2H4O2/c1-14-9-20-21(10-18(14)24)29-22(28-20)15-7-8-19(25-11-15)16-12-26-23(27-13-16)30-17-5-3-2-4-6-17;1-2(3)4/h7-13,17H,2-6H2,1H3,(H,28,29);1H3,(H,3,4). The van der Waals surface area contributed by atoms with Crippen LogP contribution >= 0.6 is 0 Å². The van der Waals surface area contributed by atoms with Crippen LogP contribution in [0.3, 0.4) is 0 Å². The van der Waals surface area contributed by atoms with Gasteiger partial charge in [-0.3, -0.25) is 9.78 Å². The zero-order chi connectivity index (χ0) is 24.1. The minimum Gasteiger partial charge on any atom is -0.481 e. The third-order valence-electron chi connectivity index (χ3n) is 5.55. The van der Waals surface area contributed by atoms with Gasteiger partial charge in [-0.15, -0.1) is 0 Å². The number of carboxylic acids is 1. The Balaban J connectivity index is 0.000000636. The Morgan fingerprint density at radius 1 is 1.06 bits per heavy atom. The maximum absolute atomic E-state index is 13.8. The number of nitrogens with one attached hydrogen (secondary N) is 1. The van der Waals surface area contributed by atoms with Crippen molar-refractivity contribution in [2.45, 2.75) is 52.1 Å². The number of rotatable bonds is 4. The van der Waals surface area contributed by atoms with Crippen LogP contribution in [0, 0.1) is 12.7 Å². The lowest BCUT2D eigenvalue weighted by molar-refractivity contribution is -0.134. The number of carboxylic acid groups (broad SMARTS) is 1. The summed E-state index contributed by atoms with van der Waals surface area (Å²) in [4.78, 5) is 29.9. The van der Waals surface area contributed by atoms with Crippen molar-refractivity contribution in [1.82, 2.24) is 24.9 Å². The van der Waals surface area contributed by atoms with E-state index < -0.39 is 5.97 Å². The summed E-state index contributed by atoms with van der Waals surface area (Å²) in [6.45, 7) is 2.82. The van der Waals surface area contributed by atoms with E-state index in [9.17, 15) is 4.39 Å². The largest absolute Gasteiger partial charge is 0.481 e. The molecule has 3 heterocycles. The molecule has 0 unspecified atom stereocenters. The molecule has 176 valence electrons. The van der Waals surface area contributed by atoms with Crippen LogP contribution in [-0.2, 0) is 4.79 Å². The van der Waals surface area contributed by atoms with Gasteiger partial charge in [-0.05, 0) is 56.4 Å². The summed E-state index contributed by atoms with van der Waals surface area (Å²) in [6.07, 6.45) is 11.3. The monoisotopic (exact) mass is 463 g/mol. The number of ether oxygens (including phenoxy) is 1. The molecule has 0 radical (unpaired) electrons. The van der Waals surface area contributed by atoms with E-state index >= 15 is 0 Å². The Kier molecular flexibility index (Phi) is 7.10. The van der Waals surface area contributed by atoms with E-state index in [-0.39, 0.29) is 11.9 Å². The summed E-state index contributed by atoms with van der Waals surface area (Å²) < 4.78 is 19.7. The van der Waals surface area contributed by atoms with Crippen LogP contribution in [-0.4, -0.2) is 42.1 Å². The number of pyridine rings is 1. The van der Waals surface area contributed by atoms with Gasteiger partial charge in [-0.1, -0.05) is 6.42 Å². The van der Waals surface area contributed by atoms with E-state index in [4.69, 9.17) is 14.6 Å². The van der Waals surface area contributed by atoms with Crippen LogP contribution in [0.1, 0.15) is 44.6 Å². The Hall–Kier alpha value is -3.88. The molecule has 4 aromatic rings. The van der Waals surface area contributed by atoms with Crippen molar-refractivity contribution in [3.63, 3.8) is 0 Å². The average Bonchev–Trinajstić information content (AvgIpc) is 3.23. The second-order valence-electron chi connectivity index (χ2n) is 8.29. The lowest BCUT2D eigenvalue weighted by atomic mass is 9.98. The van der Waals surface area contributed by atoms with Crippen LogP contribution in [0.2, 0.25) is 0 Å². The molecule has 0 saturated heterocycles. The molecule has 8 nitrogen and oxygen atoms in total. The van der Waals surface area contributed by atoms with Crippen LogP contribution in [0.5, 0.6) is 6.01 Å². The van der Waals surface area contributed by atoms with Crippen molar-refractivity contribution in [2.75, 3.05) is 0 Å². The third-order valence-corrected chi connectivity index (χ3v) is 5.55. The zero-order valence-corrected chi connectivity index (χ0v) is 19.1. The summed E-state index contributed by atoms with van der Waals surface area (Å²) >= 11 is 0. The number of carbonyl (C=O) groups is 1. The molecule has 0 atom stereocenters. The SMILES string of the molecule is CC(=O)O.Cc1cc2[nH]c(-c3ccc(-c4cnc(OC5CCCCC5)nc4)nc3)nc2cc1F. The van der Waals surface area contributed by atoms with Crippen LogP contribution < -0.4 is 4.74 Å². The molecule has 1 aliphatic rings. The van der Waals surface area contributed by atoms with E-state index in [0.717, 1.165) is 42.1 Å². The van der Waals surface area contributed by atoms with Gasteiger partial charge in [0.1, 0.15) is 17.7 Å². The summed E-state index contributed by atoms with van der Waals surface area (Å²) in [5.41, 5.74) is 4.39. The van der Waals surface area contributed by atoms with Crippen LogP contribution in [0.25, 0.3) is 33.7 Å². The molecule has 34 heavy (non-hydrogen) atoms. The number of hydrogen-bond donors (Lipinski definition) is 2. The highest BCUT2D eigenvalue weighted by molar-refractivity contribution is 5.80. The number of halogens is 1. The summed E-state index contributed by atoms with van der Waals surface area (Å²) in [5.74, 6) is -0.438. The van der Waals surface area contributed by atoms with Gasteiger partial charge in [0.25, 0.3) is 5.97 Å². The van der Waals surface area contributed by atoms with Gasteiger partial charge < -0.3 is 14.8 Å². The van der Waals surface area contributed by atoms with Crippen LogP contribution in [0.4, 0.5) is 4.39 Å². The fourth-order valence-electron chi connectivity index (χ4n) is 3.82. The predicted molar refractivity (Wildman–Crippen MR) is 126 cm³/mol. The molecule has 9 heteroatoms. The lowest BCUT2D eigenvalue weighted by Crippen LogP contribution is -2.20. The second kappa shape index (κ2) is 10.4. The maximum atomic E-state index is 13.8. The van der Waals surface area contributed by atoms with Gasteiger partial charge in [0, 0.05) is 42.7 Å². The molecule has 1 fully saturated rings. The first kappa shape index (κ1) is 23.3. The number of H-pyrrole nitrogens is 1. The molecule has 1 aromatic carbocycles. The first-order chi connectivity index (χ1) is 16.4. The molecule has 0 spiro atoms. The van der Waals surface area contributed by atoms with Crippen molar-refractivity contribution in [1.29, 1.82) is 0 Å². The zero-order valence-electron chi connectivity index (χ0n) is 19.1. The topological polar surface area (TPSA) is 114 Å². The number of aromatic amines is 1. The van der Waals surface area contributed by atoms with Crippen LogP contribution in [0.15, 0.2) is 42.9 Å². The number of benzene rings is 1. The van der Waals surface area contributed by atoms with E-state index in [2.05, 4.69) is 24.9 Å². The average molecular weight is 464 g/mol. The number of aromatic nitrogens is 5. The fourth-order valence-corrected chi connectivity index (χ4v) is 3.82. The molecule has 2 N–H and O–H groups in total. The molecular weight excluding hydrogens is 437 g/mol. The third kappa shape index (κ3) is 5.72. The normalized spacial score (nSPS) is 13.9. The van der Waals surface area contributed by atoms with Gasteiger partial charge in [0.05, 0.1) is 16.7 Å². The molecule has 3 aromatic heterocycles. The molecule has 1 aliphatic carbocycles. The van der Waals surface area contributed by atoms with E-state index in [1.165, 1.54) is 25.3 Å². The first-order valence-corrected chi connectivity index (χ1v) is 11.2. The van der Waals surface area contributed by atoms with E-state index in [1.54, 1.807) is 31.6 Å². The van der Waals surface area contributed by atoms with Gasteiger partial charge in [-0.2, -0.15) is 0 Å². The predicted octanol–water partition coefficient (Wildman–Crippen LogP) is 5.33. The van der Waals surface area contributed by atoms with Crippen molar-refractivity contribution in [2.24, 2.45) is 0 Å². The van der Waals surface area contributed by atoms with Crippen molar-refractivity contribution >= 4 is 17.0 Å². The molecule has 5 rings (SSSR count). The molecular formula is C25H26FN5O3. The number of fused-ring (bicyclic) bond motifs is 1. The Labute approximate surface area is 196 Å². The highest BCUT2D eigenvalue weighted by Gasteiger charge is 2.16. The van der Waals surface area contributed by atoms with Gasteiger partial charge in [-0.25, -0.2) is 19.3 Å². The van der Waals surface area contributed by atoms with Crippen molar-refractivity contribution in [3.05, 3.63) is 54.2 Å². The Morgan fingerprint density at radius 3 is 2.38 bits per heavy atom. The fraction of sp³-hybridized carbons (Fsp3) is 0.320. The molecule has 0 bridgehead atoms. The van der Waals surface area contributed by atoms with Gasteiger partial charge in [0.2, 0.25) is 0 Å². The number of hydrogen-bond acceptors (Lipinski definition) is 6. The number of nitrogens with zero attached hydrogens (tertiary/aromatic N) is 4. The molecule has 0 aliphatic heterocycles. The van der Waals surface area contributed by atoms with Gasteiger partial charge >= 0.3 is 6.01 Å². The highest BCUT2D eigenvalue weighted by Crippen LogP contribution is 2.25. The minimum absolute atomic E-state index is 0.225. The summed E-state index contributed by atoms with van der Waals surface area (Å²) in [6, 6.07) is 7.45. The number of aliphatic carboxylic acids is 1. The van der Waals surface area contributed by atoms with Crippen molar-refractivity contribution < 1.29 is 19.0 Å². The Bertz CT molecular complexity index is 1220. The summed E-state index contributed by atoms with van der Waals surface area (Å²) in [7, 11) is 0. The summed E-state index contributed by atoms with van der Waals surface area (Å²) in [5, 5.41) is 7.42. The van der Waals surface area contributed by atoms with Crippen molar-refractivity contribution in [3.8, 4) is 28.7 Å².